The van der Waals surface area contributed by atoms with Gasteiger partial charge in [-0.25, -0.2) is 17.8 Å². The molecular weight excluding hydrogens is 347 g/mol. The summed E-state index contributed by atoms with van der Waals surface area (Å²) in [6.07, 6.45) is 3.40. The molecule has 1 aliphatic rings. The van der Waals surface area contributed by atoms with Gasteiger partial charge in [-0.15, -0.1) is 0 Å². The third-order valence-electron chi connectivity index (χ3n) is 4.10. The predicted octanol–water partition coefficient (Wildman–Crippen LogP) is 1.10. The van der Waals surface area contributed by atoms with Crippen molar-refractivity contribution >= 4 is 15.9 Å². The molecular formula is C16H19FN4O3S. The zero-order chi connectivity index (χ0) is 18.0. The molecule has 1 amide bonds. The number of carbonyl (C=O) groups excluding carboxylic acids is 1. The van der Waals surface area contributed by atoms with Gasteiger partial charge >= 0.3 is 0 Å². The van der Waals surface area contributed by atoms with E-state index in [1.165, 1.54) is 35.0 Å². The summed E-state index contributed by atoms with van der Waals surface area (Å²) in [4.78, 5) is 18.0. The van der Waals surface area contributed by atoms with Crippen molar-refractivity contribution < 1.29 is 17.6 Å². The molecule has 9 heteroatoms. The van der Waals surface area contributed by atoms with Crippen molar-refractivity contribution in [1.82, 2.24) is 18.8 Å². The highest BCUT2D eigenvalue weighted by molar-refractivity contribution is 7.89. The van der Waals surface area contributed by atoms with Crippen LogP contribution >= 0.6 is 0 Å². The molecule has 0 spiro atoms. The number of rotatable bonds is 3. The van der Waals surface area contributed by atoms with Crippen molar-refractivity contribution in [3.63, 3.8) is 0 Å². The van der Waals surface area contributed by atoms with E-state index in [1.54, 1.807) is 22.6 Å². The average Bonchev–Trinajstić information content (AvgIpc) is 2.87. The molecule has 1 aliphatic heterocycles. The summed E-state index contributed by atoms with van der Waals surface area (Å²) in [5.41, 5.74) is 0.265. The van der Waals surface area contributed by atoms with Gasteiger partial charge in [0.25, 0.3) is 15.9 Å². The molecule has 1 aromatic carbocycles. The number of nitrogens with zero attached hydrogens (tertiary/aromatic N) is 4. The third-order valence-corrected chi connectivity index (χ3v) is 5.88. The second-order valence-electron chi connectivity index (χ2n) is 5.94. The van der Waals surface area contributed by atoms with Crippen LogP contribution in [0.3, 0.4) is 0 Å². The summed E-state index contributed by atoms with van der Waals surface area (Å²) < 4.78 is 41.5. The summed E-state index contributed by atoms with van der Waals surface area (Å²) >= 11 is 0. The Kier molecular flexibility index (Phi) is 4.87. The van der Waals surface area contributed by atoms with Crippen molar-refractivity contribution in [2.24, 2.45) is 7.05 Å². The Hall–Kier alpha value is -2.26. The van der Waals surface area contributed by atoms with Gasteiger partial charge in [-0.1, -0.05) is 6.07 Å². The first-order chi connectivity index (χ1) is 11.9. The molecule has 134 valence electrons. The molecule has 0 bridgehead atoms. The van der Waals surface area contributed by atoms with E-state index in [9.17, 15) is 17.6 Å². The molecule has 0 unspecified atom stereocenters. The SMILES string of the molecule is Cn1cnc(S(=O)(=O)N2CCCN(C(=O)c3cccc(F)c3)CC2)c1. The highest BCUT2D eigenvalue weighted by Crippen LogP contribution is 2.17. The summed E-state index contributed by atoms with van der Waals surface area (Å²) in [7, 11) is -1.98. The summed E-state index contributed by atoms with van der Waals surface area (Å²) in [5.74, 6) is -0.767. The number of amides is 1. The standard InChI is InChI=1S/C16H19FN4O3S/c1-19-11-15(18-12-19)25(23,24)21-7-3-6-20(8-9-21)16(22)13-4-2-5-14(17)10-13/h2,4-5,10-12H,3,6-9H2,1H3. The molecule has 0 aliphatic carbocycles. The largest absolute Gasteiger partial charge is 0.339 e. The van der Waals surface area contributed by atoms with Gasteiger partial charge in [0, 0.05) is 45.0 Å². The Morgan fingerprint density at radius 3 is 2.68 bits per heavy atom. The molecule has 0 atom stereocenters. The number of carbonyl (C=O) groups is 1. The number of imidazole rings is 1. The van der Waals surface area contributed by atoms with Crippen molar-refractivity contribution in [2.75, 3.05) is 26.2 Å². The van der Waals surface area contributed by atoms with Crippen molar-refractivity contribution in [2.45, 2.75) is 11.4 Å². The highest BCUT2D eigenvalue weighted by Gasteiger charge is 2.30. The predicted molar refractivity (Wildman–Crippen MR) is 88.9 cm³/mol. The maximum atomic E-state index is 13.3. The van der Waals surface area contributed by atoms with E-state index in [-0.39, 0.29) is 29.6 Å². The number of sulfonamides is 1. The van der Waals surface area contributed by atoms with Crippen LogP contribution in [-0.4, -0.2) is 59.3 Å². The molecule has 3 rings (SSSR count). The maximum absolute atomic E-state index is 13.3. The third kappa shape index (κ3) is 3.72. The topological polar surface area (TPSA) is 75.5 Å². The van der Waals surface area contributed by atoms with Gasteiger partial charge in [0.05, 0.1) is 6.33 Å². The van der Waals surface area contributed by atoms with Crippen LogP contribution in [0.5, 0.6) is 0 Å². The lowest BCUT2D eigenvalue weighted by molar-refractivity contribution is 0.0763. The van der Waals surface area contributed by atoms with Crippen LogP contribution < -0.4 is 0 Å². The van der Waals surface area contributed by atoms with E-state index in [0.717, 1.165) is 0 Å². The summed E-state index contributed by atoms with van der Waals surface area (Å²) in [5, 5.41) is -0.0000861. The van der Waals surface area contributed by atoms with E-state index in [4.69, 9.17) is 0 Å². The quantitative estimate of drug-likeness (QED) is 0.815. The molecule has 2 aromatic rings. The Labute approximate surface area is 145 Å². The van der Waals surface area contributed by atoms with Crippen molar-refractivity contribution in [3.05, 3.63) is 48.2 Å². The fourth-order valence-corrected chi connectivity index (χ4v) is 4.23. The summed E-state index contributed by atoms with van der Waals surface area (Å²) in [6, 6.07) is 5.51. The van der Waals surface area contributed by atoms with E-state index in [2.05, 4.69) is 4.98 Å². The number of aryl methyl sites for hydroxylation is 1. The van der Waals surface area contributed by atoms with E-state index < -0.39 is 15.8 Å². The first-order valence-electron chi connectivity index (χ1n) is 7.91. The minimum Gasteiger partial charge on any atom is -0.339 e. The van der Waals surface area contributed by atoms with E-state index in [1.807, 2.05) is 0 Å². The second kappa shape index (κ2) is 6.93. The van der Waals surface area contributed by atoms with E-state index >= 15 is 0 Å². The number of benzene rings is 1. The smallest absolute Gasteiger partial charge is 0.262 e. The van der Waals surface area contributed by atoms with Gasteiger partial charge in [0.1, 0.15) is 5.82 Å². The Bertz CT molecular complexity index is 881. The molecule has 0 saturated carbocycles. The Morgan fingerprint density at radius 1 is 1.20 bits per heavy atom. The van der Waals surface area contributed by atoms with Gasteiger partial charge in [0.15, 0.2) is 5.03 Å². The minimum atomic E-state index is -3.68. The molecule has 1 fully saturated rings. The lowest BCUT2D eigenvalue weighted by Crippen LogP contribution is -2.37. The van der Waals surface area contributed by atoms with Crippen molar-refractivity contribution in [1.29, 1.82) is 0 Å². The second-order valence-corrected chi connectivity index (χ2v) is 7.82. The van der Waals surface area contributed by atoms with Gasteiger partial charge < -0.3 is 9.47 Å². The van der Waals surface area contributed by atoms with Gasteiger partial charge in [-0.05, 0) is 24.6 Å². The molecule has 1 aromatic heterocycles. The monoisotopic (exact) mass is 366 g/mol. The lowest BCUT2D eigenvalue weighted by atomic mass is 10.2. The van der Waals surface area contributed by atoms with Crippen LogP contribution in [-0.2, 0) is 17.1 Å². The molecule has 0 N–H and O–H groups in total. The lowest BCUT2D eigenvalue weighted by Gasteiger charge is -2.21. The Balaban J connectivity index is 1.73. The number of hydrogen-bond acceptors (Lipinski definition) is 4. The van der Waals surface area contributed by atoms with Crippen LogP contribution in [0.4, 0.5) is 4.39 Å². The molecule has 1 saturated heterocycles. The van der Waals surface area contributed by atoms with E-state index in [0.29, 0.717) is 19.5 Å². The number of halogens is 1. The van der Waals surface area contributed by atoms with Crippen LogP contribution in [0.1, 0.15) is 16.8 Å². The van der Waals surface area contributed by atoms with Crippen LogP contribution in [0, 0.1) is 5.82 Å². The highest BCUT2D eigenvalue weighted by atomic mass is 32.2. The molecule has 2 heterocycles. The fourth-order valence-electron chi connectivity index (χ4n) is 2.80. The van der Waals surface area contributed by atoms with Gasteiger partial charge in [-0.2, -0.15) is 4.31 Å². The first-order valence-corrected chi connectivity index (χ1v) is 9.35. The molecule has 0 radical (unpaired) electrons. The fraction of sp³-hybridized carbons (Fsp3) is 0.375. The van der Waals surface area contributed by atoms with Gasteiger partial charge in [0.2, 0.25) is 0 Å². The van der Waals surface area contributed by atoms with Crippen molar-refractivity contribution in [3.8, 4) is 0 Å². The summed E-state index contributed by atoms with van der Waals surface area (Å²) in [6.45, 7) is 1.16. The van der Waals surface area contributed by atoms with Crippen LogP contribution in [0.15, 0.2) is 41.8 Å². The normalized spacial score (nSPS) is 16.6. The average molecular weight is 366 g/mol. The minimum absolute atomic E-state index is 0.0000861. The molecule has 25 heavy (non-hydrogen) atoms. The Morgan fingerprint density at radius 2 is 2.00 bits per heavy atom. The molecule has 7 nitrogen and oxygen atoms in total. The number of hydrogen-bond donors (Lipinski definition) is 0. The van der Waals surface area contributed by atoms with Gasteiger partial charge in [-0.3, -0.25) is 4.79 Å². The van der Waals surface area contributed by atoms with Crippen LogP contribution in [0.2, 0.25) is 0 Å². The van der Waals surface area contributed by atoms with Crippen LogP contribution in [0.25, 0.3) is 0 Å². The number of aromatic nitrogens is 2. The zero-order valence-corrected chi connectivity index (χ0v) is 14.6. The first kappa shape index (κ1) is 17.6. The zero-order valence-electron chi connectivity index (χ0n) is 13.8. The maximum Gasteiger partial charge on any atom is 0.262 e.